The minimum atomic E-state index is -3.56. The zero-order chi connectivity index (χ0) is 18.9. The summed E-state index contributed by atoms with van der Waals surface area (Å²) >= 11 is 6.12. The number of aryl methyl sites for hydroxylation is 2. The Hall–Kier alpha value is -1.90. The molecule has 0 aliphatic carbocycles. The molecule has 1 aliphatic rings. The summed E-state index contributed by atoms with van der Waals surface area (Å²) in [5.41, 5.74) is 1.18. The van der Waals surface area contributed by atoms with E-state index in [4.69, 9.17) is 11.6 Å². The minimum absolute atomic E-state index is 0.172. The van der Waals surface area contributed by atoms with Crippen LogP contribution in [0, 0.1) is 6.92 Å². The van der Waals surface area contributed by atoms with Crippen molar-refractivity contribution in [3.05, 3.63) is 40.7 Å². The van der Waals surface area contributed by atoms with Gasteiger partial charge in [0, 0.05) is 25.8 Å². The summed E-state index contributed by atoms with van der Waals surface area (Å²) in [6.45, 7) is 2.75. The van der Waals surface area contributed by atoms with Crippen LogP contribution in [0.25, 0.3) is 0 Å². The molecule has 7 nitrogen and oxygen atoms in total. The molecule has 1 aliphatic heterocycles. The Morgan fingerprint density at radius 2 is 1.92 bits per heavy atom. The Labute approximate surface area is 158 Å². The third-order valence-corrected chi connectivity index (χ3v) is 6.75. The number of sulfonamides is 1. The van der Waals surface area contributed by atoms with Crippen LogP contribution in [0.1, 0.15) is 35.3 Å². The lowest BCUT2D eigenvalue weighted by molar-refractivity contribution is 0.102. The van der Waals surface area contributed by atoms with Crippen molar-refractivity contribution in [2.45, 2.75) is 31.1 Å². The van der Waals surface area contributed by atoms with Gasteiger partial charge >= 0.3 is 0 Å². The summed E-state index contributed by atoms with van der Waals surface area (Å²) < 4.78 is 28.5. The molecular weight excluding hydrogens is 376 g/mol. The molecule has 2 aromatic rings. The van der Waals surface area contributed by atoms with E-state index in [0.29, 0.717) is 24.5 Å². The molecule has 3 rings (SSSR count). The highest BCUT2D eigenvalue weighted by Gasteiger charge is 2.26. The van der Waals surface area contributed by atoms with Gasteiger partial charge in [0.15, 0.2) is 0 Å². The number of aromatic nitrogens is 2. The van der Waals surface area contributed by atoms with Crippen LogP contribution in [0.5, 0.6) is 0 Å². The first-order valence-corrected chi connectivity index (χ1v) is 10.2. The van der Waals surface area contributed by atoms with Gasteiger partial charge in [0.2, 0.25) is 10.0 Å². The normalized spacial score (nSPS) is 15.8. The maximum Gasteiger partial charge on any atom is 0.260 e. The van der Waals surface area contributed by atoms with Gasteiger partial charge in [0.05, 0.1) is 16.2 Å². The fraction of sp³-hybridized carbons (Fsp3) is 0.412. The van der Waals surface area contributed by atoms with Crippen molar-refractivity contribution in [1.82, 2.24) is 14.1 Å². The van der Waals surface area contributed by atoms with Gasteiger partial charge in [0.25, 0.3) is 5.91 Å². The van der Waals surface area contributed by atoms with Crippen molar-refractivity contribution in [2.24, 2.45) is 7.05 Å². The van der Waals surface area contributed by atoms with E-state index in [-0.39, 0.29) is 15.6 Å². The van der Waals surface area contributed by atoms with Crippen LogP contribution < -0.4 is 5.32 Å². The maximum atomic E-state index is 12.8. The molecule has 1 amide bonds. The zero-order valence-electron chi connectivity index (χ0n) is 14.7. The highest BCUT2D eigenvalue weighted by Crippen LogP contribution is 2.24. The van der Waals surface area contributed by atoms with Gasteiger partial charge in [-0.3, -0.25) is 9.48 Å². The van der Waals surface area contributed by atoms with Crippen molar-refractivity contribution in [2.75, 3.05) is 18.4 Å². The van der Waals surface area contributed by atoms with Crippen LogP contribution in [-0.4, -0.2) is 41.5 Å². The highest BCUT2D eigenvalue weighted by molar-refractivity contribution is 7.89. The molecule has 0 spiro atoms. The van der Waals surface area contributed by atoms with E-state index >= 15 is 0 Å². The van der Waals surface area contributed by atoms with Crippen LogP contribution in [-0.2, 0) is 17.1 Å². The number of hydrogen-bond donors (Lipinski definition) is 1. The summed E-state index contributed by atoms with van der Waals surface area (Å²) in [4.78, 5) is 12.7. The average Bonchev–Trinajstić information content (AvgIpc) is 2.88. The van der Waals surface area contributed by atoms with Gasteiger partial charge in [-0.2, -0.15) is 9.40 Å². The SMILES string of the molecule is Cc1nn(C)c(Cl)c1C(=O)Nc1cccc(S(=O)(=O)N2CCCCC2)c1. The number of benzene rings is 1. The van der Waals surface area contributed by atoms with Crippen LogP contribution in [0.2, 0.25) is 5.15 Å². The van der Waals surface area contributed by atoms with Crippen molar-refractivity contribution >= 4 is 33.2 Å². The van der Waals surface area contributed by atoms with Crippen LogP contribution in [0.4, 0.5) is 5.69 Å². The molecule has 1 N–H and O–H groups in total. The third-order valence-electron chi connectivity index (χ3n) is 4.42. The second kappa shape index (κ2) is 7.38. The average molecular weight is 397 g/mol. The number of halogens is 1. The Kier molecular flexibility index (Phi) is 5.36. The summed E-state index contributed by atoms with van der Waals surface area (Å²) in [6.07, 6.45) is 2.79. The second-order valence-corrected chi connectivity index (χ2v) is 8.62. The van der Waals surface area contributed by atoms with E-state index < -0.39 is 15.9 Å². The minimum Gasteiger partial charge on any atom is -0.322 e. The summed E-state index contributed by atoms with van der Waals surface area (Å²) in [6, 6.07) is 6.28. The topological polar surface area (TPSA) is 84.3 Å². The molecule has 9 heteroatoms. The van der Waals surface area contributed by atoms with Crippen LogP contribution >= 0.6 is 11.6 Å². The molecule has 26 heavy (non-hydrogen) atoms. The van der Waals surface area contributed by atoms with Crippen molar-refractivity contribution in [3.8, 4) is 0 Å². The fourth-order valence-electron chi connectivity index (χ4n) is 3.07. The molecule has 1 aromatic heterocycles. The van der Waals surface area contributed by atoms with E-state index in [9.17, 15) is 13.2 Å². The number of carbonyl (C=O) groups is 1. The highest BCUT2D eigenvalue weighted by atomic mass is 35.5. The molecule has 1 fully saturated rings. The van der Waals surface area contributed by atoms with Crippen molar-refractivity contribution < 1.29 is 13.2 Å². The largest absolute Gasteiger partial charge is 0.322 e. The number of rotatable bonds is 4. The Balaban J connectivity index is 1.84. The molecule has 0 radical (unpaired) electrons. The zero-order valence-corrected chi connectivity index (χ0v) is 16.3. The van der Waals surface area contributed by atoms with Crippen LogP contribution in [0.3, 0.4) is 0 Å². The maximum absolute atomic E-state index is 12.8. The predicted octanol–water partition coefficient (Wildman–Crippen LogP) is 2.81. The number of amides is 1. The quantitative estimate of drug-likeness (QED) is 0.861. The van der Waals surface area contributed by atoms with Gasteiger partial charge in [0.1, 0.15) is 5.15 Å². The van der Waals surface area contributed by atoms with E-state index in [1.807, 2.05) is 0 Å². The van der Waals surface area contributed by atoms with E-state index in [1.165, 1.54) is 15.1 Å². The Morgan fingerprint density at radius 3 is 2.54 bits per heavy atom. The smallest absolute Gasteiger partial charge is 0.260 e. The Bertz CT molecular complexity index is 933. The summed E-state index contributed by atoms with van der Waals surface area (Å²) in [7, 11) is -1.91. The standard InChI is InChI=1S/C17H21ClN4O3S/c1-12-15(16(18)21(2)20-12)17(23)19-13-7-6-8-14(11-13)26(24,25)22-9-4-3-5-10-22/h6-8,11H,3-5,9-10H2,1-2H3,(H,19,23). The molecule has 0 bridgehead atoms. The number of anilines is 1. The molecule has 1 saturated heterocycles. The van der Waals surface area contributed by atoms with E-state index in [1.54, 1.807) is 32.2 Å². The molecular formula is C17H21ClN4O3S. The lowest BCUT2D eigenvalue weighted by Gasteiger charge is -2.26. The molecule has 0 unspecified atom stereocenters. The predicted molar refractivity (Wildman–Crippen MR) is 100.0 cm³/mol. The van der Waals surface area contributed by atoms with Gasteiger partial charge in [-0.1, -0.05) is 24.1 Å². The summed E-state index contributed by atoms with van der Waals surface area (Å²) in [5.74, 6) is -0.423. The van der Waals surface area contributed by atoms with Gasteiger partial charge in [-0.15, -0.1) is 0 Å². The lowest BCUT2D eigenvalue weighted by Crippen LogP contribution is -2.35. The van der Waals surface area contributed by atoms with Crippen LogP contribution in [0.15, 0.2) is 29.2 Å². The second-order valence-electron chi connectivity index (χ2n) is 6.32. The fourth-order valence-corrected chi connectivity index (χ4v) is 4.89. The summed E-state index contributed by atoms with van der Waals surface area (Å²) in [5, 5.41) is 7.05. The van der Waals surface area contributed by atoms with E-state index in [0.717, 1.165) is 19.3 Å². The third kappa shape index (κ3) is 3.62. The van der Waals surface area contributed by atoms with Gasteiger partial charge in [-0.05, 0) is 38.0 Å². The molecule has 1 aromatic carbocycles. The first-order valence-electron chi connectivity index (χ1n) is 8.41. The van der Waals surface area contributed by atoms with Crippen molar-refractivity contribution in [1.29, 1.82) is 0 Å². The van der Waals surface area contributed by atoms with E-state index in [2.05, 4.69) is 10.4 Å². The molecule has 0 atom stereocenters. The van der Waals surface area contributed by atoms with Gasteiger partial charge in [-0.25, -0.2) is 8.42 Å². The lowest BCUT2D eigenvalue weighted by atomic mass is 10.2. The number of carbonyl (C=O) groups excluding carboxylic acids is 1. The Morgan fingerprint density at radius 1 is 1.23 bits per heavy atom. The van der Waals surface area contributed by atoms with Gasteiger partial charge < -0.3 is 5.32 Å². The molecule has 0 saturated carbocycles. The first-order chi connectivity index (χ1) is 12.3. The number of nitrogens with one attached hydrogen (secondary N) is 1. The molecule has 2 heterocycles. The molecule has 140 valence electrons. The number of nitrogens with zero attached hydrogens (tertiary/aromatic N) is 3. The number of piperidine rings is 1. The first kappa shape index (κ1) is 18.9. The van der Waals surface area contributed by atoms with Crippen molar-refractivity contribution in [3.63, 3.8) is 0 Å². The number of hydrogen-bond acceptors (Lipinski definition) is 4. The monoisotopic (exact) mass is 396 g/mol.